The number of ether oxygens (including phenoxy) is 2. The van der Waals surface area contributed by atoms with Crippen molar-refractivity contribution in [2.45, 2.75) is 25.4 Å². The van der Waals surface area contributed by atoms with Gasteiger partial charge in [-0.15, -0.1) is 13.2 Å². The molecule has 0 aromatic carbocycles. The summed E-state index contributed by atoms with van der Waals surface area (Å²) in [5.74, 6) is -0.501. The van der Waals surface area contributed by atoms with Crippen LogP contribution in [0.5, 0.6) is 11.6 Å². The van der Waals surface area contributed by atoms with Gasteiger partial charge in [0.05, 0.1) is 18.6 Å². The first kappa shape index (κ1) is 19.7. The van der Waals surface area contributed by atoms with Crippen molar-refractivity contribution < 1.29 is 31.9 Å². The summed E-state index contributed by atoms with van der Waals surface area (Å²) >= 11 is 0. The molecule has 30 heavy (non-hydrogen) atoms. The van der Waals surface area contributed by atoms with Gasteiger partial charge in [0.1, 0.15) is 12.0 Å². The molecule has 4 rings (SSSR count). The topological polar surface area (TPSA) is 95.5 Å². The van der Waals surface area contributed by atoms with Crippen LogP contribution < -0.4 is 9.47 Å². The molecule has 1 saturated heterocycles. The van der Waals surface area contributed by atoms with E-state index in [4.69, 9.17) is 9.15 Å². The number of hydrogen-bond acceptors (Lipinski definition) is 7. The fourth-order valence-electron chi connectivity index (χ4n) is 3.07. The van der Waals surface area contributed by atoms with E-state index in [1.165, 1.54) is 12.3 Å². The summed E-state index contributed by atoms with van der Waals surface area (Å²) in [5, 5.41) is 0. The number of nitrogens with zero attached hydrogens (tertiary/aromatic N) is 5. The first-order valence-corrected chi connectivity index (χ1v) is 8.93. The van der Waals surface area contributed by atoms with Crippen molar-refractivity contribution in [2.24, 2.45) is 0 Å². The van der Waals surface area contributed by atoms with Crippen LogP contribution in [0.15, 0.2) is 47.7 Å². The molecular weight excluding hydrogens is 407 g/mol. The molecule has 0 N–H and O–H groups in total. The molecule has 1 aliphatic rings. The van der Waals surface area contributed by atoms with Crippen molar-refractivity contribution in [3.8, 4) is 11.6 Å². The highest BCUT2D eigenvalue weighted by Crippen LogP contribution is 2.24. The van der Waals surface area contributed by atoms with Crippen molar-refractivity contribution in [3.05, 3.63) is 54.9 Å². The number of hydrogen-bond donors (Lipinski definition) is 0. The number of oxazole rings is 1. The van der Waals surface area contributed by atoms with E-state index in [0.29, 0.717) is 13.1 Å². The van der Waals surface area contributed by atoms with E-state index >= 15 is 0 Å². The van der Waals surface area contributed by atoms with Crippen LogP contribution in [-0.2, 0) is 6.61 Å². The molecule has 3 aromatic rings. The Labute approximate surface area is 168 Å². The Morgan fingerprint density at radius 3 is 2.90 bits per heavy atom. The smallest absolute Gasteiger partial charge is 0.482 e. The van der Waals surface area contributed by atoms with Crippen LogP contribution in [0.3, 0.4) is 0 Å². The molecule has 0 aliphatic carbocycles. The minimum Gasteiger partial charge on any atom is -0.482 e. The number of amides is 1. The maximum atomic E-state index is 12.6. The summed E-state index contributed by atoms with van der Waals surface area (Å²) in [5.41, 5.74) is 0.159. The molecule has 4 heterocycles. The highest BCUT2D eigenvalue weighted by Gasteiger charge is 2.32. The number of likely N-dealkylation sites (tertiary alicyclic amines) is 1. The first-order valence-electron chi connectivity index (χ1n) is 8.93. The summed E-state index contributed by atoms with van der Waals surface area (Å²) in [7, 11) is 0. The Morgan fingerprint density at radius 2 is 2.20 bits per heavy atom. The quantitative estimate of drug-likeness (QED) is 0.602. The zero-order valence-electron chi connectivity index (χ0n) is 15.5. The van der Waals surface area contributed by atoms with Gasteiger partial charge in [-0.1, -0.05) is 0 Å². The van der Waals surface area contributed by atoms with Crippen LogP contribution in [0.4, 0.5) is 13.2 Å². The van der Waals surface area contributed by atoms with Crippen LogP contribution in [0.1, 0.15) is 28.8 Å². The molecule has 1 unspecified atom stereocenters. The Hall–Kier alpha value is -3.57. The van der Waals surface area contributed by atoms with Gasteiger partial charge >= 0.3 is 6.36 Å². The van der Waals surface area contributed by atoms with Crippen molar-refractivity contribution in [3.63, 3.8) is 0 Å². The Balaban J connectivity index is 1.30. The molecule has 0 spiro atoms. The molecular formula is C18H16F3N5O4. The van der Waals surface area contributed by atoms with Gasteiger partial charge in [0.15, 0.2) is 12.3 Å². The molecule has 0 bridgehead atoms. The largest absolute Gasteiger partial charge is 0.574 e. The zero-order chi connectivity index (χ0) is 21.1. The number of imidazole rings is 1. The lowest BCUT2D eigenvalue weighted by atomic mass is 10.3. The Morgan fingerprint density at radius 1 is 1.33 bits per heavy atom. The molecule has 12 heteroatoms. The van der Waals surface area contributed by atoms with Gasteiger partial charge in [-0.2, -0.15) is 0 Å². The fraction of sp³-hybridized carbons (Fsp3) is 0.333. The molecule has 1 fully saturated rings. The van der Waals surface area contributed by atoms with Crippen LogP contribution >= 0.6 is 0 Å². The van der Waals surface area contributed by atoms with Crippen molar-refractivity contribution in [2.75, 3.05) is 13.1 Å². The van der Waals surface area contributed by atoms with Gasteiger partial charge in [0.2, 0.25) is 11.8 Å². The molecule has 1 amide bonds. The maximum absolute atomic E-state index is 12.6. The highest BCUT2D eigenvalue weighted by molar-refractivity contribution is 5.92. The summed E-state index contributed by atoms with van der Waals surface area (Å²) in [4.78, 5) is 26.0. The lowest BCUT2D eigenvalue weighted by molar-refractivity contribution is -0.276. The predicted molar refractivity (Wildman–Crippen MR) is 93.5 cm³/mol. The average molecular weight is 423 g/mol. The van der Waals surface area contributed by atoms with Gasteiger partial charge in [-0.25, -0.2) is 15.0 Å². The SMILES string of the molecule is O=C(c1coc(COc2ccc(OC(F)(F)F)nc2)n1)N1CCC(n2ccnc2)C1. The fourth-order valence-corrected chi connectivity index (χ4v) is 3.07. The number of carbonyl (C=O) groups excluding carboxylic acids is 1. The second-order valence-electron chi connectivity index (χ2n) is 6.50. The summed E-state index contributed by atoms with van der Waals surface area (Å²) in [6.07, 6.45) is 3.62. The van der Waals surface area contributed by atoms with Crippen molar-refractivity contribution >= 4 is 5.91 Å². The predicted octanol–water partition coefficient (Wildman–Crippen LogP) is 2.83. The molecule has 9 nitrogen and oxygen atoms in total. The maximum Gasteiger partial charge on any atom is 0.574 e. The highest BCUT2D eigenvalue weighted by atomic mass is 19.4. The number of pyridine rings is 1. The summed E-state index contributed by atoms with van der Waals surface area (Å²) in [6.45, 7) is 1.02. The molecule has 0 saturated carbocycles. The van der Waals surface area contributed by atoms with E-state index in [9.17, 15) is 18.0 Å². The summed E-state index contributed by atoms with van der Waals surface area (Å²) < 4.78 is 52.7. The molecule has 1 aliphatic heterocycles. The van der Waals surface area contributed by atoms with E-state index in [-0.39, 0.29) is 35.9 Å². The van der Waals surface area contributed by atoms with Gasteiger partial charge in [-0.3, -0.25) is 4.79 Å². The average Bonchev–Trinajstić information content (AvgIpc) is 3.47. The van der Waals surface area contributed by atoms with Gasteiger partial charge < -0.3 is 23.4 Å². The van der Waals surface area contributed by atoms with Crippen LogP contribution in [-0.4, -0.2) is 49.8 Å². The molecule has 0 radical (unpaired) electrons. The lowest BCUT2D eigenvalue weighted by Gasteiger charge is -2.15. The van der Waals surface area contributed by atoms with Crippen molar-refractivity contribution in [1.82, 2.24) is 24.4 Å². The monoisotopic (exact) mass is 423 g/mol. The van der Waals surface area contributed by atoms with Gasteiger partial charge in [-0.05, 0) is 12.5 Å². The third-order valence-electron chi connectivity index (χ3n) is 4.46. The Kier molecular flexibility index (Phi) is 5.29. The molecule has 1 atom stereocenters. The van der Waals surface area contributed by atoms with E-state index in [2.05, 4.69) is 19.7 Å². The van der Waals surface area contributed by atoms with Gasteiger partial charge in [0, 0.05) is 31.5 Å². The van der Waals surface area contributed by atoms with E-state index in [1.807, 2.05) is 10.8 Å². The van der Waals surface area contributed by atoms with Crippen LogP contribution in [0, 0.1) is 0 Å². The number of halogens is 3. The summed E-state index contributed by atoms with van der Waals surface area (Å²) in [6, 6.07) is 2.46. The lowest BCUT2D eigenvalue weighted by Crippen LogP contribution is -2.29. The number of rotatable bonds is 6. The third kappa shape index (κ3) is 4.70. The zero-order valence-corrected chi connectivity index (χ0v) is 15.5. The molecule has 3 aromatic heterocycles. The third-order valence-corrected chi connectivity index (χ3v) is 4.46. The van der Waals surface area contributed by atoms with Crippen molar-refractivity contribution in [1.29, 1.82) is 0 Å². The second-order valence-corrected chi connectivity index (χ2v) is 6.50. The van der Waals surface area contributed by atoms with Crippen LogP contribution in [0.2, 0.25) is 0 Å². The van der Waals surface area contributed by atoms with E-state index < -0.39 is 12.2 Å². The van der Waals surface area contributed by atoms with Gasteiger partial charge in [0.25, 0.3) is 5.91 Å². The van der Waals surface area contributed by atoms with Crippen LogP contribution in [0.25, 0.3) is 0 Å². The first-order chi connectivity index (χ1) is 14.4. The minimum atomic E-state index is -4.81. The normalized spacial score (nSPS) is 16.6. The number of carbonyl (C=O) groups is 1. The number of aromatic nitrogens is 4. The van der Waals surface area contributed by atoms with E-state index in [1.54, 1.807) is 17.4 Å². The minimum absolute atomic E-state index is 0.119. The molecule has 158 valence electrons. The second kappa shape index (κ2) is 8.05. The van der Waals surface area contributed by atoms with E-state index in [0.717, 1.165) is 18.7 Å². The number of alkyl halides is 3. The Bertz CT molecular complexity index is 988. The standard InChI is InChI=1S/C18H16F3N5O4/c19-18(20,21)30-15-2-1-13(7-23-15)28-10-16-24-14(9-29-16)17(27)25-5-3-12(8-25)26-6-4-22-11-26/h1-2,4,6-7,9,11-12H,3,5,8,10H2.